The topological polar surface area (TPSA) is 74.3 Å². The highest BCUT2D eigenvalue weighted by atomic mass is 16.5. The Kier molecular flexibility index (Phi) is 5.50. The second kappa shape index (κ2) is 8.44. The van der Waals surface area contributed by atoms with Gasteiger partial charge in [-0.15, -0.1) is 0 Å². The zero-order chi connectivity index (χ0) is 21.4. The number of aliphatic hydroxyl groups excluding tert-OH is 1. The van der Waals surface area contributed by atoms with Gasteiger partial charge in [0.15, 0.2) is 0 Å². The third-order valence-corrected chi connectivity index (χ3v) is 6.79. The lowest BCUT2D eigenvalue weighted by Crippen LogP contribution is -2.42. The molecule has 1 saturated carbocycles. The van der Waals surface area contributed by atoms with E-state index in [-0.39, 0.29) is 6.10 Å². The van der Waals surface area contributed by atoms with Gasteiger partial charge in [-0.1, -0.05) is 30.3 Å². The predicted octanol–water partition coefficient (Wildman–Crippen LogP) is 3.74. The van der Waals surface area contributed by atoms with E-state index in [4.69, 9.17) is 4.74 Å². The highest BCUT2D eigenvalue weighted by Gasteiger charge is 2.42. The van der Waals surface area contributed by atoms with Gasteiger partial charge in [-0.3, -0.25) is 15.0 Å². The Labute approximate surface area is 183 Å². The molecule has 0 bridgehead atoms. The fourth-order valence-electron chi connectivity index (χ4n) is 5.23. The van der Waals surface area contributed by atoms with Gasteiger partial charge in [-0.05, 0) is 56.2 Å². The fourth-order valence-corrected chi connectivity index (χ4v) is 5.23. The van der Waals surface area contributed by atoms with Crippen molar-refractivity contribution in [1.29, 1.82) is 0 Å². The van der Waals surface area contributed by atoms with Crippen LogP contribution < -0.4 is 4.74 Å². The third kappa shape index (κ3) is 4.23. The number of aromatic amines is 1. The Morgan fingerprint density at radius 1 is 1.06 bits per heavy atom. The van der Waals surface area contributed by atoms with Crippen LogP contribution in [0.1, 0.15) is 29.8 Å². The van der Waals surface area contributed by atoms with Gasteiger partial charge in [0.1, 0.15) is 11.9 Å². The number of fused-ring (bicyclic) bond motifs is 1. The third-order valence-electron chi connectivity index (χ3n) is 6.79. The molecule has 162 valence electrons. The van der Waals surface area contributed by atoms with E-state index in [9.17, 15) is 5.11 Å². The molecular formula is C25H30N4O2. The molecule has 1 aliphatic heterocycles. The molecule has 5 rings (SSSR count). The van der Waals surface area contributed by atoms with Gasteiger partial charge in [0, 0.05) is 30.9 Å². The quantitative estimate of drug-likeness (QED) is 0.660. The van der Waals surface area contributed by atoms with Crippen molar-refractivity contribution in [3.05, 3.63) is 65.6 Å². The first-order valence-electron chi connectivity index (χ1n) is 11.2. The van der Waals surface area contributed by atoms with E-state index in [1.807, 2.05) is 38.2 Å². The Balaban J connectivity index is 1.25. The number of rotatable bonds is 5. The molecule has 31 heavy (non-hydrogen) atoms. The zero-order valence-electron chi connectivity index (χ0n) is 18.2. The molecule has 2 aliphatic rings. The van der Waals surface area contributed by atoms with E-state index in [1.54, 1.807) is 0 Å². The maximum atomic E-state index is 10.8. The number of nitrogens with zero attached hydrogens (tertiary/aromatic N) is 3. The molecular weight excluding hydrogens is 388 g/mol. The average Bonchev–Trinajstić information content (AvgIpc) is 3.37. The molecule has 3 heterocycles. The smallest absolute Gasteiger partial charge is 0.141 e. The molecule has 3 aromatic rings. The van der Waals surface area contributed by atoms with Crippen molar-refractivity contribution in [1.82, 2.24) is 20.1 Å². The van der Waals surface area contributed by atoms with Crippen LogP contribution >= 0.6 is 0 Å². The Morgan fingerprint density at radius 3 is 2.61 bits per heavy atom. The summed E-state index contributed by atoms with van der Waals surface area (Å²) in [5, 5.41) is 18.2. The zero-order valence-corrected chi connectivity index (χ0v) is 18.2. The van der Waals surface area contributed by atoms with Crippen molar-refractivity contribution >= 4 is 0 Å². The van der Waals surface area contributed by atoms with Crippen molar-refractivity contribution in [2.75, 3.05) is 13.1 Å². The molecule has 6 heteroatoms. The minimum Gasteiger partial charge on any atom is -0.486 e. The summed E-state index contributed by atoms with van der Waals surface area (Å²) in [6.07, 6.45) is 3.01. The Morgan fingerprint density at radius 2 is 1.84 bits per heavy atom. The number of nitrogens with one attached hydrogen (secondary N) is 1. The fraction of sp³-hybridized carbons (Fsp3) is 0.440. The lowest BCUT2D eigenvalue weighted by molar-refractivity contribution is -0.0236. The summed E-state index contributed by atoms with van der Waals surface area (Å²) in [5.74, 6) is 1.84. The van der Waals surface area contributed by atoms with Crippen LogP contribution in [0.15, 0.2) is 48.7 Å². The summed E-state index contributed by atoms with van der Waals surface area (Å²) in [4.78, 5) is 6.99. The molecule has 2 aromatic heterocycles. The van der Waals surface area contributed by atoms with Crippen LogP contribution in [0.25, 0.3) is 11.3 Å². The molecule has 1 saturated heterocycles. The van der Waals surface area contributed by atoms with Crippen molar-refractivity contribution in [3.63, 3.8) is 0 Å². The number of hydrogen-bond acceptors (Lipinski definition) is 5. The largest absolute Gasteiger partial charge is 0.486 e. The monoisotopic (exact) mass is 418 g/mol. The van der Waals surface area contributed by atoms with Gasteiger partial charge >= 0.3 is 0 Å². The van der Waals surface area contributed by atoms with Gasteiger partial charge in [-0.2, -0.15) is 5.10 Å². The van der Waals surface area contributed by atoms with Crippen LogP contribution in [0.5, 0.6) is 5.75 Å². The standard InChI is InChI=1S/C25H30N4O2/c1-16-8-9-23(17(2)27-16)31-24-11-20-14-29(13-19(20)10-22(24)30)15-21-12-26-28-25(21)18-6-4-3-5-7-18/h3-9,12,19-20,22,24,30H,10-11,13-15H2,1-2H3,(H,26,28)/t19-,20+,22+,24+/m0/s1. The van der Waals surface area contributed by atoms with Crippen molar-refractivity contribution < 1.29 is 9.84 Å². The van der Waals surface area contributed by atoms with E-state index < -0.39 is 6.10 Å². The SMILES string of the molecule is Cc1ccc(O[C@@H]2C[C@@H]3CN(Cc4cn[nH]c4-c4ccccc4)C[C@@H]3C[C@H]2O)c(C)n1. The highest BCUT2D eigenvalue weighted by Crippen LogP contribution is 2.39. The van der Waals surface area contributed by atoms with Crippen LogP contribution in [0, 0.1) is 25.7 Å². The number of benzene rings is 1. The molecule has 2 N–H and O–H groups in total. The summed E-state index contributed by atoms with van der Waals surface area (Å²) >= 11 is 0. The molecule has 4 atom stereocenters. The number of aromatic nitrogens is 3. The van der Waals surface area contributed by atoms with Gasteiger partial charge in [0.25, 0.3) is 0 Å². The van der Waals surface area contributed by atoms with Crippen molar-refractivity contribution in [2.45, 2.75) is 45.4 Å². The minimum atomic E-state index is -0.435. The summed E-state index contributed by atoms with van der Waals surface area (Å²) in [7, 11) is 0. The number of H-pyrrole nitrogens is 1. The molecule has 2 fully saturated rings. The Hall–Kier alpha value is -2.70. The Bertz CT molecular complexity index is 1040. The van der Waals surface area contributed by atoms with Crippen LogP contribution in [0.4, 0.5) is 0 Å². The van der Waals surface area contributed by atoms with Crippen LogP contribution in [-0.4, -0.2) is 50.5 Å². The van der Waals surface area contributed by atoms with E-state index in [1.165, 1.54) is 5.56 Å². The minimum absolute atomic E-state index is 0.168. The second-order valence-corrected chi connectivity index (χ2v) is 9.08. The normalized spacial score (nSPS) is 26.0. The highest BCUT2D eigenvalue weighted by molar-refractivity contribution is 5.62. The number of likely N-dealkylation sites (tertiary alicyclic amines) is 1. The van der Waals surface area contributed by atoms with Crippen LogP contribution in [0.2, 0.25) is 0 Å². The number of aliphatic hydroxyl groups is 1. The first-order chi connectivity index (χ1) is 15.1. The molecule has 1 aromatic carbocycles. The van der Waals surface area contributed by atoms with Crippen molar-refractivity contribution in [3.8, 4) is 17.0 Å². The molecule has 0 radical (unpaired) electrons. The maximum Gasteiger partial charge on any atom is 0.141 e. The number of hydrogen-bond donors (Lipinski definition) is 2. The van der Waals surface area contributed by atoms with E-state index >= 15 is 0 Å². The summed E-state index contributed by atoms with van der Waals surface area (Å²) < 4.78 is 6.23. The molecule has 6 nitrogen and oxygen atoms in total. The van der Waals surface area contributed by atoms with Gasteiger partial charge in [0.05, 0.1) is 23.7 Å². The first-order valence-corrected chi connectivity index (χ1v) is 11.2. The lowest BCUT2D eigenvalue weighted by atomic mass is 9.78. The summed E-state index contributed by atoms with van der Waals surface area (Å²) in [6, 6.07) is 14.3. The van der Waals surface area contributed by atoms with Gasteiger partial charge < -0.3 is 9.84 Å². The molecule has 0 unspecified atom stereocenters. The molecule has 0 spiro atoms. The molecule has 1 aliphatic carbocycles. The van der Waals surface area contributed by atoms with E-state index in [2.05, 4.69) is 44.3 Å². The van der Waals surface area contributed by atoms with E-state index in [0.717, 1.165) is 60.9 Å². The second-order valence-electron chi connectivity index (χ2n) is 9.08. The van der Waals surface area contributed by atoms with Crippen LogP contribution in [0.3, 0.4) is 0 Å². The average molecular weight is 419 g/mol. The maximum absolute atomic E-state index is 10.8. The number of ether oxygens (including phenoxy) is 1. The lowest BCUT2D eigenvalue weighted by Gasteiger charge is -2.35. The number of aryl methyl sites for hydroxylation is 2. The predicted molar refractivity (Wildman–Crippen MR) is 120 cm³/mol. The summed E-state index contributed by atoms with van der Waals surface area (Å²) in [5.41, 5.74) is 5.35. The van der Waals surface area contributed by atoms with E-state index in [0.29, 0.717) is 11.8 Å². The van der Waals surface area contributed by atoms with Gasteiger partial charge in [-0.25, -0.2) is 0 Å². The summed E-state index contributed by atoms with van der Waals surface area (Å²) in [6.45, 7) is 6.86. The molecule has 0 amide bonds. The van der Waals surface area contributed by atoms with Gasteiger partial charge in [0.2, 0.25) is 0 Å². The first kappa shape index (κ1) is 20.2. The van der Waals surface area contributed by atoms with Crippen LogP contribution in [-0.2, 0) is 6.54 Å². The van der Waals surface area contributed by atoms with Crippen molar-refractivity contribution in [2.24, 2.45) is 11.8 Å². The number of pyridine rings is 1.